The van der Waals surface area contributed by atoms with Gasteiger partial charge in [0.25, 0.3) is 5.92 Å². The number of nitrogens with one attached hydrogen (secondary N) is 2. The molecule has 2 fully saturated rings. The van der Waals surface area contributed by atoms with Gasteiger partial charge in [0.05, 0.1) is 18.3 Å². The summed E-state index contributed by atoms with van der Waals surface area (Å²) < 4.78 is 48.4. The highest BCUT2D eigenvalue weighted by Crippen LogP contribution is 2.46. The number of hydrogen-bond donors (Lipinski definition) is 2. The van der Waals surface area contributed by atoms with Crippen molar-refractivity contribution >= 4 is 15.7 Å². The Morgan fingerprint density at radius 1 is 1.42 bits per heavy atom. The van der Waals surface area contributed by atoms with Crippen LogP contribution in [-0.2, 0) is 14.6 Å². The molecule has 0 bridgehead atoms. The Kier molecular flexibility index (Phi) is 3.59. The van der Waals surface area contributed by atoms with Gasteiger partial charge >= 0.3 is 0 Å². The summed E-state index contributed by atoms with van der Waals surface area (Å²) in [5, 5.41) is 5.06. The number of hydrogen-bond acceptors (Lipinski definition) is 4. The van der Waals surface area contributed by atoms with Crippen LogP contribution in [0.2, 0.25) is 0 Å². The van der Waals surface area contributed by atoms with Crippen molar-refractivity contribution in [3.63, 3.8) is 0 Å². The largest absolute Gasteiger partial charge is 0.354 e. The van der Waals surface area contributed by atoms with E-state index < -0.39 is 40.7 Å². The maximum atomic E-state index is 12.9. The molecular formula is C11H18F2N2O3S. The van der Waals surface area contributed by atoms with E-state index in [9.17, 15) is 22.0 Å². The molecule has 1 unspecified atom stereocenters. The van der Waals surface area contributed by atoms with Crippen LogP contribution in [0, 0.1) is 5.41 Å². The van der Waals surface area contributed by atoms with E-state index in [0.29, 0.717) is 0 Å². The third kappa shape index (κ3) is 4.10. The molecule has 1 amide bonds. The summed E-state index contributed by atoms with van der Waals surface area (Å²) in [5.41, 5.74) is -0.385. The summed E-state index contributed by atoms with van der Waals surface area (Å²) in [4.78, 5) is 11.7. The van der Waals surface area contributed by atoms with Crippen LogP contribution in [0.3, 0.4) is 0 Å². The lowest BCUT2D eigenvalue weighted by atomic mass is 10.1. The molecule has 0 aromatic heterocycles. The van der Waals surface area contributed by atoms with E-state index in [2.05, 4.69) is 10.6 Å². The Labute approximate surface area is 111 Å². The molecule has 110 valence electrons. The average Bonchev–Trinajstić information content (AvgIpc) is 2.88. The lowest BCUT2D eigenvalue weighted by Crippen LogP contribution is -2.43. The van der Waals surface area contributed by atoms with Gasteiger partial charge in [0.1, 0.15) is 9.84 Å². The zero-order valence-corrected chi connectivity index (χ0v) is 11.5. The third-order valence-electron chi connectivity index (χ3n) is 3.59. The molecule has 1 heterocycles. The van der Waals surface area contributed by atoms with E-state index in [-0.39, 0.29) is 17.7 Å². The monoisotopic (exact) mass is 296 g/mol. The molecule has 1 saturated carbocycles. The third-order valence-corrected chi connectivity index (χ3v) is 4.73. The lowest BCUT2D eigenvalue weighted by Gasteiger charge is -2.17. The Balaban J connectivity index is 1.82. The first-order valence-corrected chi connectivity index (χ1v) is 8.24. The van der Waals surface area contributed by atoms with Crippen LogP contribution in [0.25, 0.3) is 0 Å². The predicted octanol–water partition coefficient (Wildman–Crippen LogP) is -0.0754. The first-order valence-electron chi connectivity index (χ1n) is 6.18. The zero-order valence-electron chi connectivity index (χ0n) is 10.7. The van der Waals surface area contributed by atoms with E-state index >= 15 is 0 Å². The van der Waals surface area contributed by atoms with Crippen molar-refractivity contribution in [3.05, 3.63) is 0 Å². The van der Waals surface area contributed by atoms with Crippen molar-refractivity contribution in [3.8, 4) is 0 Å². The SMILES string of the molecule is CS(=O)(=O)CC1(CNC(=O)C2CC(F)(F)CN2)CC1. The van der Waals surface area contributed by atoms with Crippen LogP contribution in [0.15, 0.2) is 0 Å². The second kappa shape index (κ2) is 4.66. The zero-order chi connectivity index (χ0) is 14.3. The van der Waals surface area contributed by atoms with Crippen molar-refractivity contribution in [2.45, 2.75) is 31.2 Å². The molecule has 5 nitrogen and oxygen atoms in total. The topological polar surface area (TPSA) is 75.3 Å². The fraction of sp³-hybridized carbons (Fsp3) is 0.909. The predicted molar refractivity (Wildman–Crippen MR) is 65.7 cm³/mol. The normalized spacial score (nSPS) is 28.1. The van der Waals surface area contributed by atoms with Gasteiger partial charge in [-0.05, 0) is 12.8 Å². The van der Waals surface area contributed by atoms with Gasteiger partial charge in [-0.1, -0.05) is 0 Å². The molecule has 2 rings (SSSR count). The van der Waals surface area contributed by atoms with Gasteiger partial charge in [-0.15, -0.1) is 0 Å². The van der Waals surface area contributed by atoms with Crippen molar-refractivity contribution < 1.29 is 22.0 Å². The van der Waals surface area contributed by atoms with Gasteiger partial charge in [-0.3, -0.25) is 10.1 Å². The first-order chi connectivity index (χ1) is 8.61. The second-order valence-electron chi connectivity index (χ2n) is 5.78. The van der Waals surface area contributed by atoms with Crippen LogP contribution in [0.4, 0.5) is 8.78 Å². The highest BCUT2D eigenvalue weighted by atomic mass is 32.2. The molecule has 2 N–H and O–H groups in total. The van der Waals surface area contributed by atoms with Crippen molar-refractivity contribution in [2.75, 3.05) is 25.1 Å². The smallest absolute Gasteiger partial charge is 0.262 e. The molecule has 2 aliphatic rings. The Hall–Kier alpha value is -0.760. The highest BCUT2D eigenvalue weighted by molar-refractivity contribution is 7.90. The summed E-state index contributed by atoms with van der Waals surface area (Å²) in [6, 6.07) is -0.885. The quantitative estimate of drug-likeness (QED) is 0.744. The molecule has 1 aliphatic carbocycles. The maximum Gasteiger partial charge on any atom is 0.262 e. The van der Waals surface area contributed by atoms with E-state index in [0.717, 1.165) is 19.1 Å². The standard InChI is InChI=1S/C11H18F2N2O3S/c1-19(17,18)7-10(2-3-10)5-15-9(16)8-4-11(12,13)6-14-8/h8,14H,2-7H2,1H3,(H,15,16). The molecule has 1 aliphatic heterocycles. The number of rotatable bonds is 5. The number of amides is 1. The summed E-state index contributed by atoms with van der Waals surface area (Å²) in [6.07, 6.45) is 2.15. The summed E-state index contributed by atoms with van der Waals surface area (Å²) in [5.74, 6) is -3.28. The lowest BCUT2D eigenvalue weighted by molar-refractivity contribution is -0.123. The molecule has 0 aromatic carbocycles. The molecule has 1 atom stereocenters. The molecule has 0 radical (unpaired) electrons. The van der Waals surface area contributed by atoms with Crippen molar-refractivity contribution in [1.29, 1.82) is 0 Å². The number of halogens is 2. The molecular weight excluding hydrogens is 278 g/mol. The Morgan fingerprint density at radius 3 is 2.47 bits per heavy atom. The highest BCUT2D eigenvalue weighted by Gasteiger charge is 2.47. The second-order valence-corrected chi connectivity index (χ2v) is 7.92. The fourth-order valence-corrected chi connectivity index (χ4v) is 3.91. The van der Waals surface area contributed by atoms with Gasteiger partial charge in [0, 0.05) is 24.6 Å². The maximum absolute atomic E-state index is 12.9. The van der Waals surface area contributed by atoms with Gasteiger partial charge in [-0.2, -0.15) is 0 Å². The van der Waals surface area contributed by atoms with Crippen molar-refractivity contribution in [2.24, 2.45) is 5.41 Å². The van der Waals surface area contributed by atoms with Gasteiger partial charge in [-0.25, -0.2) is 17.2 Å². The van der Waals surface area contributed by atoms with Crippen molar-refractivity contribution in [1.82, 2.24) is 10.6 Å². The minimum absolute atomic E-state index is 0.0362. The number of carbonyl (C=O) groups is 1. The van der Waals surface area contributed by atoms with E-state index in [1.54, 1.807) is 0 Å². The first kappa shape index (κ1) is 14.6. The van der Waals surface area contributed by atoms with Gasteiger partial charge < -0.3 is 5.32 Å². The van der Waals surface area contributed by atoms with Crippen LogP contribution in [-0.4, -0.2) is 51.4 Å². The number of alkyl halides is 2. The Morgan fingerprint density at radius 2 is 2.05 bits per heavy atom. The van der Waals surface area contributed by atoms with E-state index in [1.807, 2.05) is 0 Å². The fourth-order valence-electron chi connectivity index (χ4n) is 2.40. The number of carbonyl (C=O) groups excluding carboxylic acids is 1. The number of sulfone groups is 1. The minimum atomic E-state index is -3.09. The van der Waals surface area contributed by atoms with Crippen LogP contribution >= 0.6 is 0 Å². The van der Waals surface area contributed by atoms with Crippen LogP contribution < -0.4 is 10.6 Å². The summed E-state index contributed by atoms with van der Waals surface area (Å²) >= 11 is 0. The van der Waals surface area contributed by atoms with Gasteiger partial charge in [0.2, 0.25) is 5.91 Å². The Bertz CT molecular complexity index is 474. The van der Waals surface area contributed by atoms with Gasteiger partial charge in [0.15, 0.2) is 0 Å². The minimum Gasteiger partial charge on any atom is -0.354 e. The molecule has 1 saturated heterocycles. The average molecular weight is 296 g/mol. The van der Waals surface area contributed by atoms with E-state index in [4.69, 9.17) is 0 Å². The van der Waals surface area contributed by atoms with Crippen LogP contribution in [0.5, 0.6) is 0 Å². The summed E-state index contributed by atoms with van der Waals surface area (Å²) in [7, 11) is -3.09. The van der Waals surface area contributed by atoms with Crippen LogP contribution in [0.1, 0.15) is 19.3 Å². The molecule has 19 heavy (non-hydrogen) atoms. The molecule has 8 heteroatoms. The summed E-state index contributed by atoms with van der Waals surface area (Å²) in [6.45, 7) is -0.248. The van der Waals surface area contributed by atoms with E-state index in [1.165, 1.54) is 0 Å². The molecule has 0 spiro atoms. The molecule has 0 aromatic rings.